The van der Waals surface area contributed by atoms with Crippen LogP contribution in [0.4, 0.5) is 5.82 Å². The summed E-state index contributed by atoms with van der Waals surface area (Å²) in [4.78, 5) is 25.1. The molecule has 6 nitrogen and oxygen atoms in total. The van der Waals surface area contributed by atoms with Gasteiger partial charge in [0.1, 0.15) is 10.6 Å². The minimum Gasteiger partial charge on any atom is -0.382 e. The fraction of sp³-hybridized carbons (Fsp3) is 0.0909. The van der Waals surface area contributed by atoms with Crippen molar-refractivity contribution >= 4 is 27.4 Å². The molecule has 3 heterocycles. The summed E-state index contributed by atoms with van der Waals surface area (Å²) in [6, 6.07) is 1.78. The van der Waals surface area contributed by atoms with Crippen molar-refractivity contribution in [3.8, 4) is 0 Å². The quantitative estimate of drug-likeness (QED) is 0.738. The molecule has 0 unspecified atom stereocenters. The number of anilines is 1. The van der Waals surface area contributed by atoms with Crippen LogP contribution < -0.4 is 11.3 Å². The number of fused-ring (bicyclic) bond motifs is 1. The van der Waals surface area contributed by atoms with Gasteiger partial charge in [-0.25, -0.2) is 9.97 Å². The van der Waals surface area contributed by atoms with Gasteiger partial charge in [0.25, 0.3) is 5.56 Å². The van der Waals surface area contributed by atoms with E-state index >= 15 is 0 Å². The van der Waals surface area contributed by atoms with Crippen molar-refractivity contribution in [2.24, 2.45) is 0 Å². The Labute approximate surface area is 106 Å². The van der Waals surface area contributed by atoms with Crippen LogP contribution >= 0.6 is 11.3 Å². The number of nitrogen functional groups attached to an aromatic ring is 1. The molecule has 3 rings (SSSR count). The standard InChI is InChI=1S/C11H9N5OS/c12-9-4-13-7(3-14-9)5-16-6-15-10-8(11(16)17)1-2-18-10/h1-4,6H,5H2,(H2,12,14). The monoisotopic (exact) mass is 259 g/mol. The fourth-order valence-corrected chi connectivity index (χ4v) is 2.35. The molecule has 18 heavy (non-hydrogen) atoms. The van der Waals surface area contributed by atoms with Gasteiger partial charge < -0.3 is 5.73 Å². The Morgan fingerprint density at radius 3 is 2.94 bits per heavy atom. The predicted molar refractivity (Wildman–Crippen MR) is 69.4 cm³/mol. The van der Waals surface area contributed by atoms with Crippen molar-refractivity contribution in [1.82, 2.24) is 19.5 Å². The normalized spacial score (nSPS) is 10.9. The zero-order valence-corrected chi connectivity index (χ0v) is 10.1. The molecular formula is C11H9N5OS. The van der Waals surface area contributed by atoms with Gasteiger partial charge in [0, 0.05) is 0 Å². The van der Waals surface area contributed by atoms with E-state index in [1.165, 1.54) is 28.4 Å². The van der Waals surface area contributed by atoms with E-state index < -0.39 is 0 Å². The predicted octanol–water partition coefficient (Wildman–Crippen LogP) is 0.879. The smallest absolute Gasteiger partial charge is 0.262 e. The highest BCUT2D eigenvalue weighted by Gasteiger charge is 2.06. The van der Waals surface area contributed by atoms with Gasteiger partial charge in [-0.05, 0) is 11.4 Å². The molecule has 0 bridgehead atoms. The number of nitrogens with two attached hydrogens (primary N) is 1. The lowest BCUT2D eigenvalue weighted by Crippen LogP contribution is -2.21. The van der Waals surface area contributed by atoms with E-state index in [9.17, 15) is 4.79 Å². The number of rotatable bonds is 2. The van der Waals surface area contributed by atoms with Gasteiger partial charge in [-0.3, -0.25) is 14.3 Å². The second-order valence-electron chi connectivity index (χ2n) is 3.75. The van der Waals surface area contributed by atoms with Crippen molar-refractivity contribution in [1.29, 1.82) is 0 Å². The SMILES string of the molecule is Nc1cnc(Cn2cnc3sccc3c2=O)cn1. The molecule has 0 aliphatic carbocycles. The molecule has 2 N–H and O–H groups in total. The zero-order chi connectivity index (χ0) is 12.5. The highest BCUT2D eigenvalue weighted by atomic mass is 32.1. The van der Waals surface area contributed by atoms with Gasteiger partial charge in [-0.15, -0.1) is 11.3 Å². The Balaban J connectivity index is 2.02. The fourth-order valence-electron chi connectivity index (χ4n) is 1.63. The average Bonchev–Trinajstić information content (AvgIpc) is 2.84. The lowest BCUT2D eigenvalue weighted by molar-refractivity contribution is 0.727. The first-order valence-electron chi connectivity index (χ1n) is 5.23. The van der Waals surface area contributed by atoms with Gasteiger partial charge in [0.15, 0.2) is 0 Å². The van der Waals surface area contributed by atoms with Crippen LogP contribution in [0.1, 0.15) is 5.69 Å². The van der Waals surface area contributed by atoms with E-state index in [0.717, 1.165) is 4.83 Å². The molecule has 0 radical (unpaired) electrons. The van der Waals surface area contributed by atoms with Crippen LogP contribution in [-0.2, 0) is 6.54 Å². The van der Waals surface area contributed by atoms with Gasteiger partial charge in [-0.1, -0.05) is 0 Å². The summed E-state index contributed by atoms with van der Waals surface area (Å²) >= 11 is 1.45. The highest BCUT2D eigenvalue weighted by Crippen LogP contribution is 2.13. The summed E-state index contributed by atoms with van der Waals surface area (Å²) in [5.41, 5.74) is 6.06. The van der Waals surface area contributed by atoms with Gasteiger partial charge >= 0.3 is 0 Å². The first-order valence-corrected chi connectivity index (χ1v) is 6.11. The maximum Gasteiger partial charge on any atom is 0.262 e. The molecule has 3 aromatic rings. The lowest BCUT2D eigenvalue weighted by atomic mass is 10.4. The van der Waals surface area contributed by atoms with Crippen molar-refractivity contribution in [3.05, 3.63) is 46.2 Å². The Hall–Kier alpha value is -2.28. The van der Waals surface area contributed by atoms with Crippen LogP contribution in [0.5, 0.6) is 0 Å². The van der Waals surface area contributed by atoms with Crippen LogP contribution in [0, 0.1) is 0 Å². The number of hydrogen-bond donors (Lipinski definition) is 1. The first kappa shape index (κ1) is 10.8. The Morgan fingerprint density at radius 2 is 2.17 bits per heavy atom. The molecule has 0 fully saturated rings. The Kier molecular flexibility index (Phi) is 2.52. The molecule has 0 atom stereocenters. The maximum absolute atomic E-state index is 12.1. The largest absolute Gasteiger partial charge is 0.382 e. The molecule has 0 saturated carbocycles. The molecule has 90 valence electrons. The summed E-state index contributed by atoms with van der Waals surface area (Å²) in [5.74, 6) is 0.359. The molecule has 0 saturated heterocycles. The van der Waals surface area contributed by atoms with Crippen molar-refractivity contribution < 1.29 is 0 Å². The molecule has 3 aromatic heterocycles. The Bertz CT molecular complexity index is 746. The molecule has 0 aromatic carbocycles. The summed E-state index contributed by atoms with van der Waals surface area (Å²) < 4.78 is 1.51. The van der Waals surface area contributed by atoms with Gasteiger partial charge in [0.05, 0.1) is 36.3 Å². The number of hydrogen-bond acceptors (Lipinski definition) is 6. The second kappa shape index (κ2) is 4.19. The molecule has 0 spiro atoms. The van der Waals surface area contributed by atoms with Crippen LogP contribution in [0.25, 0.3) is 10.2 Å². The molecule has 0 aliphatic heterocycles. The molecular weight excluding hydrogens is 250 g/mol. The highest BCUT2D eigenvalue weighted by molar-refractivity contribution is 7.16. The summed E-state index contributed by atoms with van der Waals surface area (Å²) in [5, 5.41) is 2.48. The topological polar surface area (TPSA) is 86.7 Å². The number of thiophene rings is 1. The third kappa shape index (κ3) is 1.84. The third-order valence-corrected chi connectivity index (χ3v) is 3.33. The second-order valence-corrected chi connectivity index (χ2v) is 4.64. The minimum atomic E-state index is -0.0696. The van der Waals surface area contributed by atoms with E-state index in [2.05, 4.69) is 15.0 Å². The number of nitrogens with zero attached hydrogens (tertiary/aromatic N) is 4. The average molecular weight is 259 g/mol. The van der Waals surface area contributed by atoms with Gasteiger partial charge in [-0.2, -0.15) is 0 Å². The van der Waals surface area contributed by atoms with E-state index in [1.54, 1.807) is 12.3 Å². The molecule has 0 aliphatic rings. The minimum absolute atomic E-state index is 0.0696. The lowest BCUT2D eigenvalue weighted by Gasteiger charge is -2.04. The summed E-state index contributed by atoms with van der Waals surface area (Å²) in [6.45, 7) is 0.338. The van der Waals surface area contributed by atoms with E-state index in [1.807, 2.05) is 5.38 Å². The van der Waals surface area contributed by atoms with Gasteiger partial charge in [0.2, 0.25) is 0 Å². The van der Waals surface area contributed by atoms with Crippen LogP contribution in [0.2, 0.25) is 0 Å². The van der Waals surface area contributed by atoms with E-state index in [0.29, 0.717) is 23.4 Å². The van der Waals surface area contributed by atoms with E-state index in [4.69, 9.17) is 5.73 Å². The van der Waals surface area contributed by atoms with Crippen molar-refractivity contribution in [2.45, 2.75) is 6.54 Å². The van der Waals surface area contributed by atoms with Crippen molar-refractivity contribution in [2.75, 3.05) is 5.73 Å². The number of aromatic nitrogens is 4. The van der Waals surface area contributed by atoms with Crippen LogP contribution in [0.3, 0.4) is 0 Å². The summed E-state index contributed by atoms with van der Waals surface area (Å²) in [7, 11) is 0. The van der Waals surface area contributed by atoms with Crippen molar-refractivity contribution in [3.63, 3.8) is 0 Å². The molecule has 7 heteroatoms. The van der Waals surface area contributed by atoms with E-state index in [-0.39, 0.29) is 5.56 Å². The summed E-state index contributed by atoms with van der Waals surface area (Å²) in [6.07, 6.45) is 4.55. The first-order chi connectivity index (χ1) is 8.74. The maximum atomic E-state index is 12.1. The Morgan fingerprint density at radius 1 is 1.28 bits per heavy atom. The zero-order valence-electron chi connectivity index (χ0n) is 9.28. The van der Waals surface area contributed by atoms with Crippen LogP contribution in [0.15, 0.2) is 35.0 Å². The third-order valence-electron chi connectivity index (χ3n) is 2.51. The van der Waals surface area contributed by atoms with Crippen LogP contribution in [-0.4, -0.2) is 19.5 Å². The molecule has 0 amide bonds.